The van der Waals surface area contributed by atoms with E-state index >= 15 is 0 Å². The summed E-state index contributed by atoms with van der Waals surface area (Å²) in [5.41, 5.74) is -0.101. The van der Waals surface area contributed by atoms with Gasteiger partial charge in [-0.1, -0.05) is 0 Å². The van der Waals surface area contributed by atoms with Crippen LogP contribution in [0.2, 0.25) is 0 Å². The molecule has 8 heavy (non-hydrogen) atoms. The zero-order valence-corrected chi connectivity index (χ0v) is 5.47. The van der Waals surface area contributed by atoms with E-state index in [4.69, 9.17) is 5.26 Å². The summed E-state index contributed by atoms with van der Waals surface area (Å²) >= 11 is 0. The Morgan fingerprint density at radius 1 is 1.50 bits per heavy atom. The monoisotopic (exact) mass is 110 g/mol. The molecule has 0 aliphatic heterocycles. The van der Waals surface area contributed by atoms with E-state index in [1.807, 2.05) is 26.8 Å². The Bertz CT molecular complexity index is 122. The van der Waals surface area contributed by atoms with Crippen LogP contribution < -0.4 is 0 Å². The molecule has 2 heteroatoms. The molecule has 0 saturated carbocycles. The van der Waals surface area contributed by atoms with Gasteiger partial charge in [0.1, 0.15) is 6.07 Å². The van der Waals surface area contributed by atoms with Gasteiger partial charge in [-0.25, -0.2) is 0 Å². The molecule has 0 unspecified atom stereocenters. The van der Waals surface area contributed by atoms with E-state index in [2.05, 4.69) is 4.99 Å². The molecule has 0 fully saturated rings. The van der Waals surface area contributed by atoms with Gasteiger partial charge in [0.05, 0.1) is 11.8 Å². The standard InChI is InChI=1S/C6H10N2/c1-6(2,3)8-5-4-7/h5H,1-3H3. The van der Waals surface area contributed by atoms with E-state index in [9.17, 15) is 0 Å². The summed E-state index contributed by atoms with van der Waals surface area (Å²) in [6.07, 6.45) is 1.26. The van der Waals surface area contributed by atoms with Crippen LogP contribution in [0.1, 0.15) is 20.8 Å². The lowest BCUT2D eigenvalue weighted by Crippen LogP contribution is -2.08. The summed E-state index contributed by atoms with van der Waals surface area (Å²) in [5.74, 6) is 0. The molecule has 0 bridgehead atoms. The first-order chi connectivity index (χ1) is 3.56. The van der Waals surface area contributed by atoms with Gasteiger partial charge in [-0.05, 0) is 20.8 Å². The van der Waals surface area contributed by atoms with Gasteiger partial charge in [-0.2, -0.15) is 5.26 Å². The van der Waals surface area contributed by atoms with Crippen LogP contribution in [-0.2, 0) is 0 Å². The van der Waals surface area contributed by atoms with Crippen molar-refractivity contribution >= 4 is 6.21 Å². The van der Waals surface area contributed by atoms with Gasteiger partial charge >= 0.3 is 0 Å². The van der Waals surface area contributed by atoms with Crippen LogP contribution in [-0.4, -0.2) is 11.8 Å². The minimum absolute atomic E-state index is 0.101. The van der Waals surface area contributed by atoms with E-state index in [1.165, 1.54) is 6.21 Å². The second-order valence-electron chi connectivity index (χ2n) is 2.56. The molecule has 0 rings (SSSR count). The SMILES string of the molecule is CC(C)(C)N=CC#N. The normalized spacial score (nSPS) is 11.8. The van der Waals surface area contributed by atoms with Crippen LogP contribution >= 0.6 is 0 Å². The van der Waals surface area contributed by atoms with E-state index < -0.39 is 0 Å². The van der Waals surface area contributed by atoms with E-state index in [0.29, 0.717) is 0 Å². The van der Waals surface area contributed by atoms with Crippen LogP contribution in [0.15, 0.2) is 4.99 Å². The number of hydrogen-bond donors (Lipinski definition) is 0. The number of aliphatic imine (C=N–C) groups is 1. The third-order valence-electron chi connectivity index (χ3n) is 0.510. The molecule has 0 amide bonds. The smallest absolute Gasteiger partial charge is 0.111 e. The molecule has 0 N–H and O–H groups in total. The lowest BCUT2D eigenvalue weighted by atomic mass is 10.1. The highest BCUT2D eigenvalue weighted by molar-refractivity contribution is 5.75. The molecular formula is C6H10N2. The average molecular weight is 110 g/mol. The third kappa shape index (κ3) is 5.16. The average Bonchev–Trinajstić information content (AvgIpc) is 1.59. The molecule has 44 valence electrons. The molecule has 0 aromatic heterocycles. The topological polar surface area (TPSA) is 36.1 Å². The summed E-state index contributed by atoms with van der Waals surface area (Å²) in [6.45, 7) is 5.84. The van der Waals surface area contributed by atoms with Crippen molar-refractivity contribution in [2.24, 2.45) is 4.99 Å². The fourth-order valence-electron chi connectivity index (χ4n) is 0.223. The van der Waals surface area contributed by atoms with Crippen molar-refractivity contribution in [1.29, 1.82) is 5.26 Å². The zero-order chi connectivity index (χ0) is 6.62. The highest BCUT2D eigenvalue weighted by Gasteiger charge is 2.03. The first-order valence-electron chi connectivity index (χ1n) is 2.49. The quantitative estimate of drug-likeness (QED) is 0.434. The van der Waals surface area contributed by atoms with Crippen molar-refractivity contribution in [2.45, 2.75) is 26.3 Å². The maximum atomic E-state index is 8.03. The Morgan fingerprint density at radius 2 is 2.00 bits per heavy atom. The molecule has 2 nitrogen and oxygen atoms in total. The fraction of sp³-hybridized carbons (Fsp3) is 0.667. The van der Waals surface area contributed by atoms with Gasteiger partial charge in [0, 0.05) is 0 Å². The van der Waals surface area contributed by atoms with Crippen molar-refractivity contribution in [3.8, 4) is 6.07 Å². The molecule has 0 atom stereocenters. The molecule has 0 aromatic rings. The number of hydrogen-bond acceptors (Lipinski definition) is 2. The summed E-state index contributed by atoms with van der Waals surface area (Å²) < 4.78 is 0. The molecule has 0 saturated heterocycles. The molecule has 0 aromatic carbocycles. The molecule has 0 aliphatic rings. The molecule has 0 spiro atoms. The van der Waals surface area contributed by atoms with Gasteiger partial charge < -0.3 is 0 Å². The largest absolute Gasteiger partial charge is 0.276 e. The third-order valence-corrected chi connectivity index (χ3v) is 0.510. The first-order valence-corrected chi connectivity index (χ1v) is 2.49. The maximum Gasteiger partial charge on any atom is 0.111 e. The van der Waals surface area contributed by atoms with Crippen LogP contribution in [0.3, 0.4) is 0 Å². The second-order valence-corrected chi connectivity index (χ2v) is 2.56. The summed E-state index contributed by atoms with van der Waals surface area (Å²) in [5, 5.41) is 8.03. The highest BCUT2D eigenvalue weighted by Crippen LogP contribution is 2.03. The van der Waals surface area contributed by atoms with Gasteiger partial charge in [0.2, 0.25) is 0 Å². The van der Waals surface area contributed by atoms with Crippen molar-refractivity contribution in [3.05, 3.63) is 0 Å². The van der Waals surface area contributed by atoms with Gasteiger partial charge in [-0.3, -0.25) is 4.99 Å². The Kier molecular flexibility index (Phi) is 2.20. The van der Waals surface area contributed by atoms with E-state index in [1.54, 1.807) is 0 Å². The van der Waals surface area contributed by atoms with E-state index in [0.717, 1.165) is 0 Å². The summed E-state index contributed by atoms with van der Waals surface area (Å²) in [6, 6.07) is 1.83. The van der Waals surface area contributed by atoms with Gasteiger partial charge in [0.25, 0.3) is 0 Å². The maximum absolute atomic E-state index is 8.03. The Morgan fingerprint density at radius 3 is 2.12 bits per heavy atom. The second kappa shape index (κ2) is 2.46. The van der Waals surface area contributed by atoms with E-state index in [-0.39, 0.29) is 5.54 Å². The molecular weight excluding hydrogens is 100 g/mol. The minimum atomic E-state index is -0.101. The number of nitrogens with zero attached hydrogens (tertiary/aromatic N) is 2. The zero-order valence-electron chi connectivity index (χ0n) is 5.47. The highest BCUT2D eigenvalue weighted by atomic mass is 14.8. The van der Waals surface area contributed by atoms with Crippen LogP contribution in [0.25, 0.3) is 0 Å². The molecule has 0 radical (unpaired) electrons. The minimum Gasteiger partial charge on any atom is -0.276 e. The Balaban J connectivity index is 3.75. The molecule has 0 aliphatic carbocycles. The Labute approximate surface area is 49.9 Å². The molecule has 0 heterocycles. The van der Waals surface area contributed by atoms with Crippen molar-refractivity contribution in [2.75, 3.05) is 0 Å². The number of rotatable bonds is 0. The van der Waals surface area contributed by atoms with Crippen LogP contribution in [0.4, 0.5) is 0 Å². The summed E-state index contributed by atoms with van der Waals surface area (Å²) in [4.78, 5) is 3.89. The van der Waals surface area contributed by atoms with Crippen molar-refractivity contribution in [1.82, 2.24) is 0 Å². The fourth-order valence-corrected chi connectivity index (χ4v) is 0.223. The first kappa shape index (κ1) is 7.16. The number of nitriles is 1. The van der Waals surface area contributed by atoms with Gasteiger partial charge in [-0.15, -0.1) is 0 Å². The lowest BCUT2D eigenvalue weighted by Gasteiger charge is -2.08. The lowest BCUT2D eigenvalue weighted by molar-refractivity contribution is 0.587. The van der Waals surface area contributed by atoms with Crippen LogP contribution in [0, 0.1) is 11.3 Å². The predicted octanol–water partition coefficient (Wildman–Crippen LogP) is 1.38. The Hall–Kier alpha value is -0.840. The van der Waals surface area contributed by atoms with Crippen molar-refractivity contribution in [3.63, 3.8) is 0 Å². The van der Waals surface area contributed by atoms with Crippen LogP contribution in [0.5, 0.6) is 0 Å². The predicted molar refractivity (Wildman–Crippen MR) is 33.9 cm³/mol. The van der Waals surface area contributed by atoms with Crippen molar-refractivity contribution < 1.29 is 0 Å². The summed E-state index contributed by atoms with van der Waals surface area (Å²) in [7, 11) is 0. The van der Waals surface area contributed by atoms with Gasteiger partial charge in [0.15, 0.2) is 0 Å².